The van der Waals surface area contributed by atoms with Crippen molar-refractivity contribution in [1.29, 1.82) is 0 Å². The molecule has 0 bridgehead atoms. The number of amides is 2. The molecule has 1 aromatic rings. The Morgan fingerprint density at radius 3 is 2.40 bits per heavy atom. The Morgan fingerprint density at radius 1 is 1.15 bits per heavy atom. The van der Waals surface area contributed by atoms with Crippen LogP contribution in [0.25, 0.3) is 0 Å². The van der Waals surface area contributed by atoms with Crippen LogP contribution in [0.3, 0.4) is 0 Å². The number of rotatable bonds is 6. The highest BCUT2D eigenvalue weighted by Crippen LogP contribution is 2.19. The first-order chi connectivity index (χ1) is 9.72. The van der Waals surface area contributed by atoms with Gasteiger partial charge in [-0.15, -0.1) is 0 Å². The quantitative estimate of drug-likeness (QED) is 0.810. The van der Waals surface area contributed by atoms with E-state index in [1.165, 1.54) is 4.90 Å². The van der Waals surface area contributed by atoms with Crippen LogP contribution in [0.4, 0.5) is 0 Å². The highest BCUT2D eigenvalue weighted by Gasteiger charge is 2.28. The molecule has 0 saturated carbocycles. The molecule has 0 spiro atoms. The maximum absolute atomic E-state index is 11.9. The number of likely N-dealkylation sites (tertiary alicyclic amines) is 1. The van der Waals surface area contributed by atoms with Crippen molar-refractivity contribution in [2.75, 3.05) is 13.1 Å². The van der Waals surface area contributed by atoms with Gasteiger partial charge in [0.2, 0.25) is 11.8 Å². The summed E-state index contributed by atoms with van der Waals surface area (Å²) in [6, 6.07) is 10.0. The molecule has 1 atom stereocenters. The minimum absolute atomic E-state index is 0.0159. The zero-order chi connectivity index (χ0) is 14.4. The van der Waals surface area contributed by atoms with E-state index in [1.54, 1.807) is 0 Å². The van der Waals surface area contributed by atoms with E-state index in [1.807, 2.05) is 30.3 Å². The fourth-order valence-electron chi connectivity index (χ4n) is 2.48. The van der Waals surface area contributed by atoms with Crippen LogP contribution >= 0.6 is 0 Å². The molecule has 1 aliphatic rings. The summed E-state index contributed by atoms with van der Waals surface area (Å²) in [6.45, 7) is 3.41. The molecule has 0 aromatic heterocycles. The molecule has 1 unspecified atom stereocenters. The van der Waals surface area contributed by atoms with Gasteiger partial charge in [0.15, 0.2) is 0 Å². The third-order valence-corrected chi connectivity index (χ3v) is 3.59. The molecular weight excluding hydrogens is 252 g/mol. The van der Waals surface area contributed by atoms with Crippen LogP contribution in [0.2, 0.25) is 0 Å². The first-order valence-electron chi connectivity index (χ1n) is 7.34. The van der Waals surface area contributed by atoms with Gasteiger partial charge in [-0.2, -0.15) is 0 Å². The second-order valence-electron chi connectivity index (χ2n) is 5.17. The van der Waals surface area contributed by atoms with Crippen molar-refractivity contribution < 1.29 is 9.59 Å². The Kier molecular flexibility index (Phi) is 5.30. The number of hydrogen-bond donors (Lipinski definition) is 1. The van der Waals surface area contributed by atoms with Gasteiger partial charge >= 0.3 is 0 Å². The maximum Gasteiger partial charge on any atom is 0.229 e. The molecule has 20 heavy (non-hydrogen) atoms. The Labute approximate surface area is 120 Å². The number of nitrogens with one attached hydrogen (secondary N) is 1. The molecule has 1 fully saturated rings. The molecule has 0 radical (unpaired) electrons. The summed E-state index contributed by atoms with van der Waals surface area (Å²) in [5.74, 6) is -0.0824. The topological polar surface area (TPSA) is 49.4 Å². The van der Waals surface area contributed by atoms with E-state index in [-0.39, 0.29) is 17.9 Å². The predicted molar refractivity (Wildman–Crippen MR) is 78.0 cm³/mol. The smallest absolute Gasteiger partial charge is 0.229 e. The molecule has 2 amide bonds. The number of carbonyl (C=O) groups is 2. The third-order valence-electron chi connectivity index (χ3n) is 3.59. The van der Waals surface area contributed by atoms with Gasteiger partial charge in [-0.25, -0.2) is 0 Å². The van der Waals surface area contributed by atoms with Crippen molar-refractivity contribution in [1.82, 2.24) is 10.2 Å². The van der Waals surface area contributed by atoms with Crippen LogP contribution < -0.4 is 5.32 Å². The lowest BCUT2D eigenvalue weighted by Gasteiger charge is -2.29. The summed E-state index contributed by atoms with van der Waals surface area (Å²) >= 11 is 0. The van der Waals surface area contributed by atoms with Crippen molar-refractivity contribution in [3.8, 4) is 0 Å². The minimum atomic E-state index is -0.0412. The SMILES string of the molecule is CCCNC(CN1C(=O)CCCC1=O)c1ccccc1. The largest absolute Gasteiger partial charge is 0.308 e. The predicted octanol–water partition coefficient (Wildman–Crippen LogP) is 2.27. The zero-order valence-corrected chi connectivity index (χ0v) is 12.0. The molecule has 4 nitrogen and oxygen atoms in total. The number of benzene rings is 1. The average molecular weight is 274 g/mol. The van der Waals surface area contributed by atoms with Crippen molar-refractivity contribution in [3.63, 3.8) is 0 Å². The monoisotopic (exact) mass is 274 g/mol. The van der Waals surface area contributed by atoms with Crippen molar-refractivity contribution >= 4 is 11.8 Å². The van der Waals surface area contributed by atoms with Crippen molar-refractivity contribution in [2.45, 2.75) is 38.6 Å². The van der Waals surface area contributed by atoms with Gasteiger partial charge in [0.25, 0.3) is 0 Å². The molecule has 1 aromatic carbocycles. The number of hydrogen-bond acceptors (Lipinski definition) is 3. The molecule has 4 heteroatoms. The molecule has 0 aliphatic carbocycles. The molecule has 1 N–H and O–H groups in total. The van der Waals surface area contributed by atoms with Gasteiger partial charge in [-0.05, 0) is 24.9 Å². The number of nitrogens with zero attached hydrogens (tertiary/aromatic N) is 1. The third kappa shape index (κ3) is 3.67. The van der Waals surface area contributed by atoms with E-state index in [0.717, 1.165) is 18.5 Å². The molecule has 1 aliphatic heterocycles. The van der Waals surface area contributed by atoms with Crippen LogP contribution in [0, 0.1) is 0 Å². The van der Waals surface area contributed by atoms with E-state index in [4.69, 9.17) is 0 Å². The lowest BCUT2D eigenvalue weighted by atomic mass is 10.0. The Balaban J connectivity index is 2.10. The molecule has 2 rings (SSSR count). The number of imide groups is 1. The van der Waals surface area contributed by atoms with Gasteiger partial charge in [0.05, 0.1) is 6.04 Å². The summed E-state index contributed by atoms with van der Waals surface area (Å²) in [4.78, 5) is 25.3. The Bertz CT molecular complexity index is 443. The highest BCUT2D eigenvalue weighted by molar-refractivity contribution is 5.97. The van der Waals surface area contributed by atoms with Crippen LogP contribution in [0.5, 0.6) is 0 Å². The average Bonchev–Trinajstić information content (AvgIpc) is 2.47. The van der Waals surface area contributed by atoms with E-state index in [9.17, 15) is 9.59 Å². The summed E-state index contributed by atoms with van der Waals surface area (Å²) in [7, 11) is 0. The fraction of sp³-hybridized carbons (Fsp3) is 0.500. The molecule has 1 saturated heterocycles. The summed E-state index contributed by atoms with van der Waals surface area (Å²) in [5.41, 5.74) is 1.12. The molecule has 108 valence electrons. The summed E-state index contributed by atoms with van der Waals surface area (Å²) in [6.07, 6.45) is 2.68. The zero-order valence-electron chi connectivity index (χ0n) is 12.0. The van der Waals surface area contributed by atoms with Crippen molar-refractivity contribution in [3.05, 3.63) is 35.9 Å². The van der Waals surface area contributed by atoms with E-state index < -0.39 is 0 Å². The van der Waals surface area contributed by atoms with E-state index in [0.29, 0.717) is 25.8 Å². The van der Waals surface area contributed by atoms with E-state index >= 15 is 0 Å². The number of carbonyl (C=O) groups excluding carboxylic acids is 2. The Hall–Kier alpha value is -1.68. The van der Waals surface area contributed by atoms with Gasteiger partial charge in [0.1, 0.15) is 0 Å². The maximum atomic E-state index is 11.9. The highest BCUT2D eigenvalue weighted by atomic mass is 16.2. The van der Waals surface area contributed by atoms with Crippen LogP contribution in [0.1, 0.15) is 44.2 Å². The summed E-state index contributed by atoms with van der Waals surface area (Å²) < 4.78 is 0. The van der Waals surface area contributed by atoms with Gasteiger partial charge in [-0.1, -0.05) is 37.3 Å². The van der Waals surface area contributed by atoms with Crippen molar-refractivity contribution in [2.24, 2.45) is 0 Å². The van der Waals surface area contributed by atoms with Crippen LogP contribution in [-0.4, -0.2) is 29.8 Å². The molecular formula is C16H22N2O2. The lowest BCUT2D eigenvalue weighted by Crippen LogP contribution is -2.45. The summed E-state index contributed by atoms with van der Waals surface area (Å²) in [5, 5.41) is 3.43. The first kappa shape index (κ1) is 14.7. The minimum Gasteiger partial charge on any atom is -0.308 e. The van der Waals surface area contributed by atoms with Gasteiger partial charge < -0.3 is 5.32 Å². The van der Waals surface area contributed by atoms with E-state index in [2.05, 4.69) is 12.2 Å². The Morgan fingerprint density at radius 2 is 1.80 bits per heavy atom. The fourth-order valence-corrected chi connectivity index (χ4v) is 2.48. The normalized spacial score (nSPS) is 17.4. The standard InChI is InChI=1S/C16H22N2O2/c1-2-11-17-14(13-7-4-3-5-8-13)12-18-15(19)9-6-10-16(18)20/h3-5,7-8,14,17H,2,6,9-12H2,1H3. The molecule has 1 heterocycles. The second-order valence-corrected chi connectivity index (χ2v) is 5.17. The lowest BCUT2D eigenvalue weighted by molar-refractivity contribution is -0.148. The van der Waals surface area contributed by atoms with Crippen LogP contribution in [0.15, 0.2) is 30.3 Å². The number of piperidine rings is 1. The first-order valence-corrected chi connectivity index (χ1v) is 7.34. The van der Waals surface area contributed by atoms with Crippen LogP contribution in [-0.2, 0) is 9.59 Å². The van der Waals surface area contributed by atoms with Gasteiger partial charge in [0, 0.05) is 19.4 Å². The second kappa shape index (κ2) is 7.20. The van der Waals surface area contributed by atoms with Gasteiger partial charge in [-0.3, -0.25) is 14.5 Å².